The van der Waals surface area contributed by atoms with E-state index in [1.54, 1.807) is 16.7 Å². The van der Waals surface area contributed by atoms with E-state index in [2.05, 4.69) is 25.1 Å². The van der Waals surface area contributed by atoms with Gasteiger partial charge >= 0.3 is 0 Å². The average molecular weight is 265 g/mol. The second-order valence-electron chi connectivity index (χ2n) is 4.76. The molecule has 1 unspecified atom stereocenters. The number of hydrogen-bond donors (Lipinski definition) is 1. The van der Waals surface area contributed by atoms with Crippen LogP contribution in [0, 0.1) is 6.92 Å². The van der Waals surface area contributed by atoms with Crippen LogP contribution >= 0.6 is 11.8 Å². The highest BCUT2D eigenvalue weighted by atomic mass is 32.2. The highest BCUT2D eigenvalue weighted by Gasteiger charge is 2.23. The molecule has 1 aliphatic heterocycles. The van der Waals surface area contributed by atoms with Crippen LogP contribution in [0.1, 0.15) is 17.5 Å². The normalized spacial score (nSPS) is 19.2. The number of amides is 1. The molecular formula is C14H19NO2S. The van der Waals surface area contributed by atoms with E-state index in [1.165, 1.54) is 11.1 Å². The number of aliphatic hydroxyl groups excluding tert-OH is 1. The summed E-state index contributed by atoms with van der Waals surface area (Å²) in [4.78, 5) is 13.6. The Hall–Kier alpha value is -1.00. The summed E-state index contributed by atoms with van der Waals surface area (Å²) in [6.45, 7) is 3.28. The Morgan fingerprint density at radius 2 is 2.39 bits per heavy atom. The van der Waals surface area contributed by atoms with Crippen LogP contribution in [-0.2, 0) is 10.5 Å². The SMILES string of the molecule is Cc1cccc(CSCC(=O)N2CCC(O)C2)c1. The Morgan fingerprint density at radius 3 is 3.06 bits per heavy atom. The lowest BCUT2D eigenvalue weighted by Gasteiger charge is -2.15. The lowest BCUT2D eigenvalue weighted by atomic mass is 10.2. The van der Waals surface area contributed by atoms with E-state index in [9.17, 15) is 9.90 Å². The van der Waals surface area contributed by atoms with Crippen LogP contribution in [0.2, 0.25) is 0 Å². The average Bonchev–Trinajstić information content (AvgIpc) is 2.76. The van der Waals surface area contributed by atoms with Gasteiger partial charge in [0, 0.05) is 18.8 Å². The molecule has 0 aliphatic carbocycles. The van der Waals surface area contributed by atoms with Gasteiger partial charge in [0.2, 0.25) is 5.91 Å². The molecule has 1 aromatic carbocycles. The molecule has 18 heavy (non-hydrogen) atoms. The molecule has 4 heteroatoms. The number of rotatable bonds is 4. The predicted octanol–water partition coefficient (Wildman–Crippen LogP) is 1.82. The lowest BCUT2D eigenvalue weighted by Crippen LogP contribution is -2.30. The van der Waals surface area contributed by atoms with Gasteiger partial charge in [0.1, 0.15) is 0 Å². The zero-order chi connectivity index (χ0) is 13.0. The zero-order valence-electron chi connectivity index (χ0n) is 10.6. The first-order chi connectivity index (χ1) is 8.65. The van der Waals surface area contributed by atoms with Crippen molar-refractivity contribution in [3.05, 3.63) is 35.4 Å². The maximum absolute atomic E-state index is 11.8. The number of carbonyl (C=O) groups excluding carboxylic acids is 1. The first kappa shape index (κ1) is 13.4. The molecular weight excluding hydrogens is 246 g/mol. The minimum Gasteiger partial charge on any atom is -0.391 e. The highest BCUT2D eigenvalue weighted by Crippen LogP contribution is 2.16. The second kappa shape index (κ2) is 6.25. The van der Waals surface area contributed by atoms with E-state index in [-0.39, 0.29) is 12.0 Å². The number of benzene rings is 1. The molecule has 3 nitrogen and oxygen atoms in total. The van der Waals surface area contributed by atoms with Crippen LogP contribution in [-0.4, -0.2) is 40.9 Å². The van der Waals surface area contributed by atoms with Gasteiger partial charge < -0.3 is 10.0 Å². The molecule has 1 aliphatic rings. The van der Waals surface area contributed by atoms with Gasteiger partial charge in [0.15, 0.2) is 0 Å². The summed E-state index contributed by atoms with van der Waals surface area (Å²) in [5.74, 6) is 1.51. The molecule has 98 valence electrons. The third-order valence-corrected chi connectivity index (χ3v) is 4.08. The zero-order valence-corrected chi connectivity index (χ0v) is 11.4. The number of aliphatic hydroxyl groups is 1. The highest BCUT2D eigenvalue weighted by molar-refractivity contribution is 7.99. The molecule has 0 aromatic heterocycles. The first-order valence-electron chi connectivity index (χ1n) is 6.24. The molecule has 1 atom stereocenters. The van der Waals surface area contributed by atoms with Crippen molar-refractivity contribution in [3.8, 4) is 0 Å². The molecule has 0 radical (unpaired) electrons. The van der Waals surface area contributed by atoms with Crippen LogP contribution in [0.15, 0.2) is 24.3 Å². The molecule has 1 N–H and O–H groups in total. The minimum absolute atomic E-state index is 0.143. The van der Waals surface area contributed by atoms with E-state index in [1.807, 2.05) is 6.07 Å². The fourth-order valence-corrected chi connectivity index (χ4v) is 2.99. The summed E-state index contributed by atoms with van der Waals surface area (Å²) >= 11 is 1.64. The maximum atomic E-state index is 11.8. The lowest BCUT2D eigenvalue weighted by molar-refractivity contribution is -0.127. The van der Waals surface area contributed by atoms with Crippen LogP contribution in [0.4, 0.5) is 0 Å². The van der Waals surface area contributed by atoms with Crippen molar-refractivity contribution in [2.24, 2.45) is 0 Å². The molecule has 1 saturated heterocycles. The molecule has 0 bridgehead atoms. The summed E-state index contributed by atoms with van der Waals surface area (Å²) < 4.78 is 0. The summed E-state index contributed by atoms with van der Waals surface area (Å²) in [5.41, 5.74) is 2.51. The molecule has 0 saturated carbocycles. The number of carbonyl (C=O) groups is 1. The topological polar surface area (TPSA) is 40.5 Å². The van der Waals surface area contributed by atoms with E-state index in [4.69, 9.17) is 0 Å². The number of thioether (sulfide) groups is 1. The molecule has 0 spiro atoms. The van der Waals surface area contributed by atoms with Crippen molar-refractivity contribution in [1.29, 1.82) is 0 Å². The summed E-state index contributed by atoms with van der Waals surface area (Å²) in [6.07, 6.45) is 0.393. The van der Waals surface area contributed by atoms with Gasteiger partial charge in [-0.25, -0.2) is 0 Å². The third-order valence-electron chi connectivity index (χ3n) is 3.09. The number of nitrogens with zero attached hydrogens (tertiary/aromatic N) is 1. The third kappa shape index (κ3) is 3.75. The number of hydrogen-bond acceptors (Lipinski definition) is 3. The minimum atomic E-state index is -0.323. The Bertz CT molecular complexity index is 422. The Balaban J connectivity index is 1.73. The molecule has 1 amide bonds. The van der Waals surface area contributed by atoms with Crippen molar-refractivity contribution < 1.29 is 9.90 Å². The summed E-state index contributed by atoms with van der Waals surface area (Å²) in [6, 6.07) is 8.36. The van der Waals surface area contributed by atoms with E-state index >= 15 is 0 Å². The second-order valence-corrected chi connectivity index (χ2v) is 5.75. The quantitative estimate of drug-likeness (QED) is 0.903. The summed E-state index contributed by atoms with van der Waals surface area (Å²) in [5, 5.41) is 9.38. The van der Waals surface area contributed by atoms with Gasteiger partial charge in [-0.3, -0.25) is 4.79 Å². The molecule has 2 rings (SSSR count). The van der Waals surface area contributed by atoms with Gasteiger partial charge in [0.25, 0.3) is 0 Å². The van der Waals surface area contributed by atoms with Crippen LogP contribution in [0.25, 0.3) is 0 Å². The Kier molecular flexibility index (Phi) is 4.66. The van der Waals surface area contributed by atoms with Crippen molar-refractivity contribution in [2.45, 2.75) is 25.2 Å². The van der Waals surface area contributed by atoms with Crippen molar-refractivity contribution in [1.82, 2.24) is 4.90 Å². The standard InChI is InChI=1S/C14H19NO2S/c1-11-3-2-4-12(7-11)9-18-10-14(17)15-6-5-13(16)8-15/h2-4,7,13,16H,5-6,8-10H2,1H3. The smallest absolute Gasteiger partial charge is 0.232 e. The number of aryl methyl sites for hydroxylation is 1. The number of likely N-dealkylation sites (tertiary alicyclic amines) is 1. The van der Waals surface area contributed by atoms with Crippen molar-refractivity contribution in [2.75, 3.05) is 18.8 Å². The molecule has 1 heterocycles. The van der Waals surface area contributed by atoms with Gasteiger partial charge in [-0.1, -0.05) is 29.8 Å². The summed E-state index contributed by atoms with van der Waals surface area (Å²) in [7, 11) is 0. The fourth-order valence-electron chi connectivity index (χ4n) is 2.12. The maximum Gasteiger partial charge on any atom is 0.232 e. The van der Waals surface area contributed by atoms with Gasteiger partial charge in [-0.2, -0.15) is 0 Å². The number of β-amino-alcohol motifs (C(OH)–C–C–N with tert-alkyl or cyclic N) is 1. The first-order valence-corrected chi connectivity index (χ1v) is 7.40. The van der Waals surface area contributed by atoms with Crippen LogP contribution in [0.5, 0.6) is 0 Å². The molecule has 1 aromatic rings. The van der Waals surface area contributed by atoms with Crippen molar-refractivity contribution >= 4 is 17.7 Å². The Labute approximate surface area is 112 Å². The predicted molar refractivity (Wildman–Crippen MR) is 74.5 cm³/mol. The Morgan fingerprint density at radius 1 is 1.56 bits per heavy atom. The van der Waals surface area contributed by atoms with Crippen LogP contribution < -0.4 is 0 Å². The fraction of sp³-hybridized carbons (Fsp3) is 0.500. The van der Waals surface area contributed by atoms with E-state index in [0.717, 1.165) is 5.75 Å². The largest absolute Gasteiger partial charge is 0.391 e. The van der Waals surface area contributed by atoms with Gasteiger partial charge in [0.05, 0.1) is 11.9 Å². The van der Waals surface area contributed by atoms with E-state index in [0.29, 0.717) is 25.3 Å². The van der Waals surface area contributed by atoms with Gasteiger partial charge in [-0.05, 0) is 18.9 Å². The van der Waals surface area contributed by atoms with Crippen molar-refractivity contribution in [3.63, 3.8) is 0 Å². The van der Waals surface area contributed by atoms with Crippen LogP contribution in [0.3, 0.4) is 0 Å². The monoisotopic (exact) mass is 265 g/mol. The van der Waals surface area contributed by atoms with Gasteiger partial charge in [-0.15, -0.1) is 11.8 Å². The molecule has 1 fully saturated rings. The van der Waals surface area contributed by atoms with E-state index < -0.39 is 0 Å².